The van der Waals surface area contributed by atoms with Crippen LogP contribution in [0, 0.1) is 28.5 Å². The lowest BCUT2D eigenvalue weighted by Crippen LogP contribution is -2.10. The van der Waals surface area contributed by atoms with Crippen molar-refractivity contribution in [2.75, 3.05) is 5.32 Å². The van der Waals surface area contributed by atoms with E-state index in [1.165, 1.54) is 12.1 Å². The first-order valence-electron chi connectivity index (χ1n) is 4.49. The molecule has 0 aliphatic heterocycles. The van der Waals surface area contributed by atoms with E-state index in [1.54, 1.807) is 6.07 Å². The SMILES string of the molecule is N#CCC(=O)Nc1cc(F)cc(CC#N)c1. The van der Waals surface area contributed by atoms with Gasteiger partial charge in [-0.05, 0) is 23.8 Å². The minimum Gasteiger partial charge on any atom is -0.325 e. The van der Waals surface area contributed by atoms with E-state index in [-0.39, 0.29) is 18.5 Å². The lowest BCUT2D eigenvalue weighted by molar-refractivity contribution is -0.115. The molecule has 0 heterocycles. The third-order valence-corrected chi connectivity index (χ3v) is 1.76. The highest BCUT2D eigenvalue weighted by molar-refractivity contribution is 5.92. The average Bonchev–Trinajstić information content (AvgIpc) is 2.17. The lowest BCUT2D eigenvalue weighted by Gasteiger charge is -2.04. The molecular weight excluding hydrogens is 209 g/mol. The van der Waals surface area contributed by atoms with Crippen LogP contribution in [-0.4, -0.2) is 5.91 Å². The number of benzene rings is 1. The van der Waals surface area contributed by atoms with Gasteiger partial charge < -0.3 is 5.32 Å². The average molecular weight is 217 g/mol. The van der Waals surface area contributed by atoms with E-state index < -0.39 is 11.7 Å². The van der Waals surface area contributed by atoms with E-state index >= 15 is 0 Å². The molecule has 5 heteroatoms. The normalized spacial score (nSPS) is 8.94. The second kappa shape index (κ2) is 5.47. The number of carbonyl (C=O) groups is 1. The summed E-state index contributed by atoms with van der Waals surface area (Å²) in [5.74, 6) is -1.03. The summed E-state index contributed by atoms with van der Waals surface area (Å²) >= 11 is 0. The predicted octanol–water partition coefficient (Wildman–Crippen LogP) is 1.74. The molecule has 1 rings (SSSR count). The van der Waals surface area contributed by atoms with E-state index in [0.29, 0.717) is 5.56 Å². The van der Waals surface area contributed by atoms with Gasteiger partial charge in [0.15, 0.2) is 0 Å². The van der Waals surface area contributed by atoms with Crippen molar-refractivity contribution in [1.29, 1.82) is 10.5 Å². The quantitative estimate of drug-likeness (QED) is 0.837. The van der Waals surface area contributed by atoms with Gasteiger partial charge in [0.05, 0.1) is 18.6 Å². The summed E-state index contributed by atoms with van der Waals surface area (Å²) in [7, 11) is 0. The van der Waals surface area contributed by atoms with E-state index in [4.69, 9.17) is 10.5 Å². The van der Waals surface area contributed by atoms with Gasteiger partial charge in [-0.15, -0.1) is 0 Å². The maximum Gasteiger partial charge on any atom is 0.238 e. The van der Waals surface area contributed by atoms with Gasteiger partial charge >= 0.3 is 0 Å². The summed E-state index contributed by atoms with van der Waals surface area (Å²) < 4.78 is 13.1. The summed E-state index contributed by atoms with van der Waals surface area (Å²) in [4.78, 5) is 11.1. The van der Waals surface area contributed by atoms with Crippen molar-refractivity contribution < 1.29 is 9.18 Å². The molecule has 16 heavy (non-hydrogen) atoms. The van der Waals surface area contributed by atoms with Gasteiger partial charge in [-0.2, -0.15) is 10.5 Å². The van der Waals surface area contributed by atoms with Crippen molar-refractivity contribution in [2.45, 2.75) is 12.8 Å². The first-order chi connectivity index (χ1) is 7.65. The number of halogens is 1. The van der Waals surface area contributed by atoms with Crippen molar-refractivity contribution in [3.05, 3.63) is 29.6 Å². The van der Waals surface area contributed by atoms with E-state index in [0.717, 1.165) is 6.07 Å². The minimum atomic E-state index is -0.528. The van der Waals surface area contributed by atoms with Crippen LogP contribution in [0.2, 0.25) is 0 Å². The second-order valence-corrected chi connectivity index (χ2v) is 3.07. The van der Waals surface area contributed by atoms with Crippen LogP contribution in [0.5, 0.6) is 0 Å². The van der Waals surface area contributed by atoms with E-state index in [9.17, 15) is 9.18 Å². The van der Waals surface area contributed by atoms with Crippen LogP contribution in [0.25, 0.3) is 0 Å². The molecule has 80 valence electrons. The molecule has 1 aromatic carbocycles. The van der Waals surface area contributed by atoms with Crippen LogP contribution in [0.3, 0.4) is 0 Å². The molecule has 1 aromatic rings. The predicted molar refractivity (Wildman–Crippen MR) is 54.6 cm³/mol. The fourth-order valence-corrected chi connectivity index (χ4v) is 1.19. The van der Waals surface area contributed by atoms with Crippen LogP contribution in [0.4, 0.5) is 10.1 Å². The summed E-state index contributed by atoms with van der Waals surface area (Å²) in [6.07, 6.45) is -0.219. The maximum atomic E-state index is 13.1. The zero-order valence-electron chi connectivity index (χ0n) is 8.33. The summed E-state index contributed by atoms with van der Waals surface area (Å²) in [6, 6.07) is 7.43. The Balaban J connectivity index is 2.85. The lowest BCUT2D eigenvalue weighted by atomic mass is 10.1. The molecule has 0 atom stereocenters. The zero-order chi connectivity index (χ0) is 12.0. The largest absolute Gasteiger partial charge is 0.325 e. The highest BCUT2D eigenvalue weighted by Crippen LogP contribution is 2.14. The number of anilines is 1. The first kappa shape index (κ1) is 11.7. The molecule has 0 aromatic heterocycles. The molecule has 0 radical (unpaired) electrons. The van der Waals surface area contributed by atoms with Crippen molar-refractivity contribution in [3.8, 4) is 12.1 Å². The molecule has 0 spiro atoms. The van der Waals surface area contributed by atoms with Crippen LogP contribution in [-0.2, 0) is 11.2 Å². The molecule has 0 bridgehead atoms. The maximum absolute atomic E-state index is 13.1. The Morgan fingerprint density at radius 3 is 2.69 bits per heavy atom. The number of hydrogen-bond donors (Lipinski definition) is 1. The summed E-state index contributed by atoms with van der Waals surface area (Å²) in [5.41, 5.74) is 0.736. The van der Waals surface area contributed by atoms with Crippen molar-refractivity contribution >= 4 is 11.6 Å². The van der Waals surface area contributed by atoms with Crippen LogP contribution >= 0.6 is 0 Å². The van der Waals surface area contributed by atoms with Crippen molar-refractivity contribution in [3.63, 3.8) is 0 Å². The summed E-state index contributed by atoms with van der Waals surface area (Å²) in [5, 5.41) is 19.1. The Hall–Kier alpha value is -2.40. The molecule has 0 unspecified atom stereocenters. The fraction of sp³-hybridized carbons (Fsp3) is 0.182. The fourth-order valence-electron chi connectivity index (χ4n) is 1.19. The van der Waals surface area contributed by atoms with Crippen LogP contribution in [0.1, 0.15) is 12.0 Å². The third-order valence-electron chi connectivity index (χ3n) is 1.76. The van der Waals surface area contributed by atoms with Crippen molar-refractivity contribution in [1.82, 2.24) is 0 Å². The third kappa shape index (κ3) is 3.39. The molecule has 0 saturated carbocycles. The standard InChI is InChI=1S/C11H8FN3O/c12-9-5-8(1-3-13)6-10(7-9)15-11(16)2-4-14/h5-7H,1-2H2,(H,15,16). The van der Waals surface area contributed by atoms with Gasteiger partial charge in [0.25, 0.3) is 0 Å². The van der Waals surface area contributed by atoms with Gasteiger partial charge in [0, 0.05) is 5.69 Å². The van der Waals surface area contributed by atoms with Gasteiger partial charge in [-0.1, -0.05) is 0 Å². The summed E-state index contributed by atoms with van der Waals surface area (Å²) in [6.45, 7) is 0. The Kier molecular flexibility index (Phi) is 3.99. The number of nitriles is 2. The molecular formula is C11H8FN3O. The molecule has 4 nitrogen and oxygen atoms in total. The smallest absolute Gasteiger partial charge is 0.238 e. The number of rotatable bonds is 3. The first-order valence-corrected chi connectivity index (χ1v) is 4.49. The van der Waals surface area contributed by atoms with Gasteiger partial charge in [0.1, 0.15) is 12.2 Å². The number of nitrogens with zero attached hydrogens (tertiary/aromatic N) is 2. The Morgan fingerprint density at radius 2 is 2.06 bits per heavy atom. The van der Waals surface area contributed by atoms with Crippen LogP contribution in [0.15, 0.2) is 18.2 Å². The monoisotopic (exact) mass is 217 g/mol. The van der Waals surface area contributed by atoms with Gasteiger partial charge in [-0.25, -0.2) is 4.39 Å². The Morgan fingerprint density at radius 1 is 1.31 bits per heavy atom. The molecule has 0 fully saturated rings. The molecule has 1 N–H and O–H groups in total. The number of nitrogens with one attached hydrogen (secondary N) is 1. The van der Waals surface area contributed by atoms with E-state index in [2.05, 4.69) is 5.32 Å². The highest BCUT2D eigenvalue weighted by atomic mass is 19.1. The highest BCUT2D eigenvalue weighted by Gasteiger charge is 2.04. The topological polar surface area (TPSA) is 76.7 Å². The van der Waals surface area contributed by atoms with Gasteiger partial charge in [0.2, 0.25) is 5.91 Å². The van der Waals surface area contributed by atoms with Gasteiger partial charge in [-0.3, -0.25) is 4.79 Å². The number of amides is 1. The zero-order valence-corrected chi connectivity index (χ0v) is 8.33. The van der Waals surface area contributed by atoms with Crippen molar-refractivity contribution in [2.24, 2.45) is 0 Å². The molecule has 0 aliphatic carbocycles. The number of hydrogen-bond acceptors (Lipinski definition) is 3. The second-order valence-electron chi connectivity index (χ2n) is 3.07. The Bertz CT molecular complexity index is 485. The van der Waals surface area contributed by atoms with E-state index in [1.807, 2.05) is 6.07 Å². The number of carbonyl (C=O) groups excluding carboxylic acids is 1. The molecule has 1 amide bonds. The molecule has 0 saturated heterocycles. The molecule has 0 aliphatic rings. The minimum absolute atomic E-state index is 0.0683. The van der Waals surface area contributed by atoms with Crippen LogP contribution < -0.4 is 5.32 Å². The Labute approximate surface area is 91.9 Å².